The maximum atomic E-state index is 14.4. The molecule has 14 heteroatoms. The molecule has 0 radical (unpaired) electrons. The summed E-state index contributed by atoms with van der Waals surface area (Å²) in [7, 11) is 0. The highest BCUT2D eigenvalue weighted by Crippen LogP contribution is 2.65. The number of esters is 1. The van der Waals surface area contributed by atoms with Gasteiger partial charge in [0.1, 0.15) is 27.6 Å². The van der Waals surface area contributed by atoms with Crippen molar-refractivity contribution in [1.82, 2.24) is 20.9 Å². The molecule has 1 aromatic rings. The number of hydrogen-bond donors (Lipinski definition) is 3. The normalized spacial score (nSPS) is 22.2. The third-order valence-electron chi connectivity index (χ3n) is 8.85. The Labute approximate surface area is 297 Å². The molecule has 1 saturated heterocycles. The number of nitrogens with zero attached hydrogens (tertiary/aromatic N) is 1. The fourth-order valence-corrected chi connectivity index (χ4v) is 7.51. The Kier molecular flexibility index (Phi) is 11.6. The number of likely N-dealkylation sites (tertiary alicyclic amines) is 1. The van der Waals surface area contributed by atoms with Gasteiger partial charge in [-0.05, 0) is 77.8 Å². The molecule has 5 atom stereocenters. The molecule has 12 nitrogen and oxygen atoms in total. The van der Waals surface area contributed by atoms with Gasteiger partial charge in [-0.25, -0.2) is 4.79 Å². The van der Waals surface area contributed by atoms with Gasteiger partial charge in [0.25, 0.3) is 5.91 Å². The average Bonchev–Trinajstić information content (AvgIpc) is 3.33. The van der Waals surface area contributed by atoms with Crippen LogP contribution in [0.1, 0.15) is 78.9 Å². The van der Waals surface area contributed by atoms with E-state index in [1.54, 1.807) is 48.5 Å². The molecule has 270 valence electrons. The van der Waals surface area contributed by atoms with Gasteiger partial charge in [0.05, 0.1) is 12.5 Å². The van der Waals surface area contributed by atoms with E-state index in [2.05, 4.69) is 16.0 Å². The fraction of sp³-hybridized carbons (Fsp3) is 0.657. The van der Waals surface area contributed by atoms with Gasteiger partial charge in [0.2, 0.25) is 17.6 Å². The largest absolute Gasteiger partial charge is 0.460 e. The molecule has 4 amide bonds. The Hall–Kier alpha value is -3.38. The number of rotatable bonds is 12. The quantitative estimate of drug-likeness (QED) is 0.168. The number of halogens is 2. The molecule has 1 heterocycles. The number of hydrogen-bond acceptors (Lipinski definition) is 8. The lowest BCUT2D eigenvalue weighted by atomic mass is 9.94. The molecule has 0 bridgehead atoms. The number of carbonyl (C=O) groups is 6. The van der Waals surface area contributed by atoms with Crippen LogP contribution in [0.15, 0.2) is 24.3 Å². The maximum absolute atomic E-state index is 14.4. The summed E-state index contributed by atoms with van der Waals surface area (Å²) in [6.45, 7) is 12.1. The van der Waals surface area contributed by atoms with Crippen molar-refractivity contribution in [3.05, 3.63) is 35.4 Å². The minimum absolute atomic E-state index is 0.0678. The van der Waals surface area contributed by atoms with Gasteiger partial charge in [0, 0.05) is 24.9 Å². The first-order valence-electron chi connectivity index (χ1n) is 16.8. The van der Waals surface area contributed by atoms with E-state index in [1.165, 1.54) is 4.90 Å². The van der Waals surface area contributed by atoms with Crippen LogP contribution in [0, 0.1) is 17.8 Å². The van der Waals surface area contributed by atoms with Crippen LogP contribution in [0.2, 0.25) is 0 Å². The predicted octanol–water partition coefficient (Wildman–Crippen LogP) is 3.63. The minimum Gasteiger partial charge on any atom is -0.460 e. The van der Waals surface area contributed by atoms with Crippen molar-refractivity contribution < 1.29 is 38.2 Å². The van der Waals surface area contributed by atoms with Gasteiger partial charge in [-0.1, -0.05) is 37.6 Å². The van der Waals surface area contributed by atoms with Gasteiger partial charge in [-0.2, -0.15) is 0 Å². The first-order chi connectivity index (χ1) is 22.7. The Bertz CT molecular complexity index is 1440. The zero-order valence-corrected chi connectivity index (χ0v) is 30.7. The van der Waals surface area contributed by atoms with E-state index >= 15 is 0 Å². The molecular weight excluding hydrogens is 675 g/mol. The third kappa shape index (κ3) is 9.45. The highest BCUT2D eigenvalue weighted by molar-refractivity contribution is 6.51. The number of amides is 4. The standard InChI is InChI=1S/C35H48Cl2N4O8/c1-8-11-23(28(43)30(45)38-15-14-24(42)48-33(2,3)4)39-29(44)27-25-22(35(25,36)37)18-41(27)31(46)26(40-32(47)49-34(5,6)7)21-16-19-12-9-10-13-20(19)17-21/h9-10,12-13,21-23,25-27H,8,11,14-18H2,1-7H3,(H,38,45)(H,39,44)(H,40,47)/t22?,23?,25?,26-,27?/m0/s1. The first-order valence-corrected chi connectivity index (χ1v) is 17.6. The number of ether oxygens (including phenoxy) is 2. The highest BCUT2D eigenvalue weighted by atomic mass is 35.5. The average molecular weight is 724 g/mol. The first kappa shape index (κ1) is 38.4. The second-order valence-electron chi connectivity index (χ2n) is 15.1. The number of piperidine rings is 1. The third-order valence-corrected chi connectivity index (χ3v) is 9.91. The van der Waals surface area contributed by atoms with Crippen molar-refractivity contribution >= 4 is 58.8 Å². The number of ketones is 1. The van der Waals surface area contributed by atoms with Crippen molar-refractivity contribution in [2.75, 3.05) is 13.1 Å². The van der Waals surface area contributed by atoms with Crippen LogP contribution < -0.4 is 16.0 Å². The Morgan fingerprint density at radius 1 is 0.939 bits per heavy atom. The molecule has 1 saturated carbocycles. The summed E-state index contributed by atoms with van der Waals surface area (Å²) in [5, 5.41) is 7.89. The Morgan fingerprint density at radius 3 is 2.08 bits per heavy atom. The van der Waals surface area contributed by atoms with Crippen molar-refractivity contribution in [2.24, 2.45) is 17.8 Å². The van der Waals surface area contributed by atoms with Crippen molar-refractivity contribution in [3.63, 3.8) is 0 Å². The van der Waals surface area contributed by atoms with Gasteiger partial charge in [-0.15, -0.1) is 23.2 Å². The van der Waals surface area contributed by atoms with E-state index in [-0.39, 0.29) is 31.8 Å². The smallest absolute Gasteiger partial charge is 0.408 e. The number of benzene rings is 1. The molecule has 4 rings (SSSR count). The van der Waals surface area contributed by atoms with Crippen LogP contribution in [0.5, 0.6) is 0 Å². The van der Waals surface area contributed by atoms with Crippen LogP contribution >= 0.6 is 23.2 Å². The number of alkyl carbamates (subject to hydrolysis) is 1. The van der Waals surface area contributed by atoms with Crippen LogP contribution in [-0.4, -0.2) is 87.2 Å². The summed E-state index contributed by atoms with van der Waals surface area (Å²) < 4.78 is 9.47. The number of fused-ring (bicyclic) bond motifs is 2. The van der Waals surface area contributed by atoms with Gasteiger partial charge in [-0.3, -0.25) is 24.0 Å². The van der Waals surface area contributed by atoms with E-state index in [1.807, 2.05) is 24.3 Å². The second-order valence-corrected chi connectivity index (χ2v) is 16.6. The molecule has 4 unspecified atom stereocenters. The van der Waals surface area contributed by atoms with Gasteiger partial charge < -0.3 is 30.3 Å². The maximum Gasteiger partial charge on any atom is 0.408 e. The van der Waals surface area contributed by atoms with Crippen LogP contribution in [-0.2, 0) is 46.3 Å². The van der Waals surface area contributed by atoms with Crippen LogP contribution in [0.3, 0.4) is 0 Å². The van der Waals surface area contributed by atoms with E-state index in [0.717, 1.165) is 11.1 Å². The summed E-state index contributed by atoms with van der Waals surface area (Å²) in [4.78, 5) is 80.8. The topological polar surface area (TPSA) is 160 Å². The summed E-state index contributed by atoms with van der Waals surface area (Å²) in [5.74, 6) is -4.89. The fourth-order valence-electron chi connectivity index (χ4n) is 6.69. The van der Waals surface area contributed by atoms with E-state index in [0.29, 0.717) is 19.3 Å². The van der Waals surface area contributed by atoms with Gasteiger partial charge in [0.15, 0.2) is 0 Å². The minimum atomic E-state index is -1.26. The molecule has 0 aromatic heterocycles. The zero-order valence-electron chi connectivity index (χ0n) is 29.2. The molecule has 0 spiro atoms. The Morgan fingerprint density at radius 2 is 1.53 bits per heavy atom. The predicted molar refractivity (Wildman–Crippen MR) is 183 cm³/mol. The summed E-state index contributed by atoms with van der Waals surface area (Å²) in [6.07, 6.45) is 0.773. The highest BCUT2D eigenvalue weighted by Gasteiger charge is 2.74. The molecule has 2 fully saturated rings. The molecule has 3 aliphatic rings. The van der Waals surface area contributed by atoms with E-state index < -0.39 is 81.1 Å². The summed E-state index contributed by atoms with van der Waals surface area (Å²) in [5.41, 5.74) is 0.635. The van der Waals surface area contributed by atoms with Crippen molar-refractivity contribution in [3.8, 4) is 0 Å². The van der Waals surface area contributed by atoms with E-state index in [9.17, 15) is 28.8 Å². The Balaban J connectivity index is 1.50. The molecular formula is C35H48Cl2N4O8. The number of nitrogens with one attached hydrogen (secondary N) is 3. The number of alkyl halides is 2. The molecule has 1 aromatic carbocycles. The molecule has 3 N–H and O–H groups in total. The van der Waals surface area contributed by atoms with Crippen molar-refractivity contribution in [2.45, 2.75) is 114 Å². The molecule has 49 heavy (non-hydrogen) atoms. The summed E-state index contributed by atoms with van der Waals surface area (Å²) in [6, 6.07) is 4.43. The zero-order chi connectivity index (χ0) is 36.5. The number of Topliss-reactive ketones (excluding diaryl/α,β-unsaturated/α-hetero) is 1. The van der Waals surface area contributed by atoms with Crippen LogP contribution in [0.4, 0.5) is 4.79 Å². The monoisotopic (exact) mass is 722 g/mol. The molecule has 1 aliphatic heterocycles. The second kappa shape index (κ2) is 14.8. The van der Waals surface area contributed by atoms with Crippen molar-refractivity contribution in [1.29, 1.82) is 0 Å². The molecule has 2 aliphatic carbocycles. The SMILES string of the molecule is CCCC(NC(=O)C1C2C(CN1C(=O)[C@@H](NC(=O)OC(C)(C)C)C1Cc3ccccc3C1)C2(Cl)Cl)C(=O)C(=O)NCCC(=O)OC(C)(C)C. The van der Waals surface area contributed by atoms with Gasteiger partial charge >= 0.3 is 12.1 Å². The lowest BCUT2D eigenvalue weighted by molar-refractivity contribution is -0.154. The van der Waals surface area contributed by atoms with E-state index in [4.69, 9.17) is 32.7 Å². The summed E-state index contributed by atoms with van der Waals surface area (Å²) >= 11 is 13.1. The lowest BCUT2D eigenvalue weighted by Crippen LogP contribution is -2.60. The van der Waals surface area contributed by atoms with Crippen LogP contribution in [0.25, 0.3) is 0 Å². The number of carbonyl (C=O) groups excluding carboxylic acids is 6. The lowest BCUT2D eigenvalue weighted by Gasteiger charge is -2.35.